The van der Waals surface area contributed by atoms with E-state index in [0.29, 0.717) is 12.2 Å². The third-order valence-electron chi connectivity index (χ3n) is 6.98. The molecule has 1 fully saturated rings. The minimum atomic E-state index is -1.56. The Balaban J connectivity index is 0.00000289. The molecule has 3 aromatic carbocycles. The zero-order valence-electron chi connectivity index (χ0n) is 19.8. The van der Waals surface area contributed by atoms with Crippen LogP contribution in [0.4, 0.5) is 0 Å². The van der Waals surface area contributed by atoms with Gasteiger partial charge in [0.1, 0.15) is 35.2 Å². The molecule has 0 aromatic heterocycles. The second-order valence-corrected chi connectivity index (χ2v) is 9.15. The monoisotopic (exact) mass is 550 g/mol. The fourth-order valence-electron chi connectivity index (χ4n) is 5.20. The Morgan fingerprint density at radius 2 is 1.66 bits per heavy atom. The van der Waals surface area contributed by atoms with E-state index in [2.05, 4.69) is 4.90 Å². The number of hydrogen-bond donors (Lipinski definition) is 3. The van der Waals surface area contributed by atoms with Crippen molar-refractivity contribution in [3.05, 3.63) is 83.4 Å². The Hall–Kier alpha value is -2.12. The van der Waals surface area contributed by atoms with E-state index >= 15 is 0 Å². The number of nitrogens with zero attached hydrogens (tertiary/aromatic N) is 1. The van der Waals surface area contributed by atoms with Crippen molar-refractivity contribution in [2.75, 3.05) is 32.8 Å². The molecular formula is C28H31NO5Y. The molecule has 181 valence electrons. The molecule has 2 heterocycles. The number of piperidine rings is 1. The minimum absolute atomic E-state index is 0. The second kappa shape index (κ2) is 11.3. The van der Waals surface area contributed by atoms with E-state index in [1.807, 2.05) is 54.6 Å². The van der Waals surface area contributed by atoms with Crippen molar-refractivity contribution in [3.8, 4) is 23.0 Å². The van der Waals surface area contributed by atoms with Gasteiger partial charge in [0.2, 0.25) is 0 Å². The summed E-state index contributed by atoms with van der Waals surface area (Å²) >= 11 is 0. The van der Waals surface area contributed by atoms with Crippen LogP contribution in [0.25, 0.3) is 0 Å². The van der Waals surface area contributed by atoms with Gasteiger partial charge >= 0.3 is 0 Å². The number of fused-ring (bicyclic) bond motifs is 1. The smallest absolute Gasteiger partial charge is 0.133 e. The molecule has 5 rings (SSSR count). The maximum absolute atomic E-state index is 12.2. The number of phenolic OH excluding ortho intramolecular Hbond substituents is 2. The van der Waals surface area contributed by atoms with E-state index in [9.17, 15) is 15.3 Å². The van der Waals surface area contributed by atoms with Gasteiger partial charge in [-0.1, -0.05) is 48.9 Å². The van der Waals surface area contributed by atoms with Gasteiger partial charge < -0.3 is 24.8 Å². The van der Waals surface area contributed by atoms with Crippen LogP contribution in [0.2, 0.25) is 0 Å². The normalized spacial score (nSPS) is 21.9. The number of likely N-dealkylation sites (tertiary alicyclic amines) is 1. The summed E-state index contributed by atoms with van der Waals surface area (Å²) in [6.07, 6.45) is 3.83. The average Bonchev–Trinajstić information content (AvgIpc) is 2.85. The molecule has 3 N–H and O–H groups in total. The molecule has 2 atom stereocenters. The molecule has 1 saturated heterocycles. The third-order valence-corrected chi connectivity index (χ3v) is 6.98. The van der Waals surface area contributed by atoms with Crippen LogP contribution in [-0.2, 0) is 38.3 Å². The number of hydrogen-bond acceptors (Lipinski definition) is 6. The largest absolute Gasteiger partial charge is 0.508 e. The first-order valence-electron chi connectivity index (χ1n) is 12.0. The summed E-state index contributed by atoms with van der Waals surface area (Å²) in [6.45, 7) is 3.99. The van der Waals surface area contributed by atoms with Crippen LogP contribution >= 0.6 is 0 Å². The summed E-state index contributed by atoms with van der Waals surface area (Å²) in [4.78, 5) is 2.43. The SMILES string of the molecule is Oc1cc(O)c2c(c1)OCC(c1ccccc1)C2(O)c1ccc(OCCN2CCCCC2)cc1.[Y]. The van der Waals surface area contributed by atoms with E-state index < -0.39 is 11.5 Å². The summed E-state index contributed by atoms with van der Waals surface area (Å²) in [5, 5.41) is 33.0. The molecule has 2 aliphatic rings. The van der Waals surface area contributed by atoms with E-state index in [1.165, 1.54) is 31.4 Å². The van der Waals surface area contributed by atoms with Crippen LogP contribution in [-0.4, -0.2) is 53.1 Å². The fourth-order valence-corrected chi connectivity index (χ4v) is 5.20. The Morgan fingerprint density at radius 3 is 2.37 bits per heavy atom. The van der Waals surface area contributed by atoms with E-state index in [0.717, 1.165) is 30.9 Å². The van der Waals surface area contributed by atoms with E-state index in [4.69, 9.17) is 9.47 Å². The molecule has 0 saturated carbocycles. The first kappa shape index (κ1) is 26.0. The van der Waals surface area contributed by atoms with Crippen LogP contribution < -0.4 is 9.47 Å². The van der Waals surface area contributed by atoms with Crippen molar-refractivity contribution in [2.24, 2.45) is 0 Å². The van der Waals surface area contributed by atoms with Crippen LogP contribution in [0.1, 0.15) is 41.9 Å². The summed E-state index contributed by atoms with van der Waals surface area (Å²) in [6, 6.07) is 19.7. The first-order chi connectivity index (χ1) is 16.6. The minimum Gasteiger partial charge on any atom is -0.508 e. The molecule has 2 unspecified atom stereocenters. The van der Waals surface area contributed by atoms with Gasteiger partial charge in [0.25, 0.3) is 0 Å². The molecule has 3 aromatic rings. The summed E-state index contributed by atoms with van der Waals surface area (Å²) in [7, 11) is 0. The van der Waals surface area contributed by atoms with Crippen LogP contribution in [0.15, 0.2) is 66.7 Å². The quantitative estimate of drug-likeness (QED) is 0.423. The molecule has 0 amide bonds. The molecule has 0 spiro atoms. The molecule has 35 heavy (non-hydrogen) atoms. The van der Waals surface area contributed by atoms with Gasteiger partial charge in [-0.15, -0.1) is 0 Å². The topological polar surface area (TPSA) is 82.4 Å². The van der Waals surface area contributed by atoms with Gasteiger partial charge in [-0.3, -0.25) is 4.90 Å². The number of benzene rings is 3. The Labute approximate surface area is 231 Å². The molecular weight excluding hydrogens is 519 g/mol. The summed E-state index contributed by atoms with van der Waals surface area (Å²) in [5.74, 6) is 0.230. The fraction of sp³-hybridized carbons (Fsp3) is 0.357. The van der Waals surface area contributed by atoms with Crippen molar-refractivity contribution in [2.45, 2.75) is 30.8 Å². The van der Waals surface area contributed by atoms with Crippen LogP contribution in [0, 0.1) is 0 Å². The Kier molecular flexibility index (Phi) is 8.38. The summed E-state index contributed by atoms with van der Waals surface area (Å²) in [5.41, 5.74) is 0.211. The van der Waals surface area contributed by atoms with Crippen molar-refractivity contribution in [3.63, 3.8) is 0 Å². The number of aromatic hydroxyl groups is 2. The zero-order chi connectivity index (χ0) is 23.5. The van der Waals surface area contributed by atoms with Crippen molar-refractivity contribution < 1.29 is 57.5 Å². The first-order valence-corrected chi connectivity index (χ1v) is 12.0. The molecule has 0 aliphatic carbocycles. The Morgan fingerprint density at radius 1 is 0.943 bits per heavy atom. The number of aliphatic hydroxyl groups is 1. The van der Waals surface area contributed by atoms with Gasteiger partial charge in [-0.25, -0.2) is 0 Å². The summed E-state index contributed by atoms with van der Waals surface area (Å²) < 4.78 is 11.9. The van der Waals surface area contributed by atoms with Crippen LogP contribution in [0.5, 0.6) is 23.0 Å². The molecule has 2 aliphatic heterocycles. The van der Waals surface area contributed by atoms with Crippen molar-refractivity contribution >= 4 is 0 Å². The standard InChI is InChI=1S/C28H31NO5.Y/c30-22-17-25(31)27-26(18-22)34-19-24(20-7-3-1-4-8-20)28(27,32)21-9-11-23(12-10-21)33-16-15-29-13-5-2-6-14-29;/h1,3-4,7-12,17-18,24,30-32H,2,5-6,13-16,19H2;. The molecule has 6 nitrogen and oxygen atoms in total. The van der Waals surface area contributed by atoms with E-state index in [1.54, 1.807) is 0 Å². The number of rotatable bonds is 6. The second-order valence-electron chi connectivity index (χ2n) is 9.15. The zero-order valence-corrected chi connectivity index (χ0v) is 22.6. The van der Waals surface area contributed by atoms with Gasteiger partial charge in [0, 0.05) is 51.4 Å². The molecule has 0 bridgehead atoms. The van der Waals surface area contributed by atoms with Gasteiger partial charge in [0.15, 0.2) is 0 Å². The van der Waals surface area contributed by atoms with Gasteiger partial charge in [-0.2, -0.15) is 0 Å². The van der Waals surface area contributed by atoms with Crippen molar-refractivity contribution in [1.29, 1.82) is 0 Å². The Bertz CT molecular complexity index is 1120. The predicted octanol–water partition coefficient (Wildman–Crippen LogP) is 4.37. The van der Waals surface area contributed by atoms with Gasteiger partial charge in [-0.05, 0) is 49.2 Å². The number of ether oxygens (including phenoxy) is 2. The van der Waals surface area contributed by atoms with E-state index in [-0.39, 0.29) is 62.1 Å². The maximum Gasteiger partial charge on any atom is 0.133 e. The van der Waals surface area contributed by atoms with Gasteiger partial charge in [0.05, 0.1) is 18.1 Å². The average molecular weight is 550 g/mol. The van der Waals surface area contributed by atoms with Crippen molar-refractivity contribution in [1.82, 2.24) is 4.90 Å². The predicted molar refractivity (Wildman–Crippen MR) is 130 cm³/mol. The third kappa shape index (κ3) is 5.36. The molecule has 1 radical (unpaired) electrons. The van der Waals surface area contributed by atoms with Crippen LogP contribution in [0.3, 0.4) is 0 Å². The number of phenols is 2. The molecule has 7 heteroatoms. The maximum atomic E-state index is 12.2.